The predicted molar refractivity (Wildman–Crippen MR) is 231 cm³/mol. The van der Waals surface area contributed by atoms with Gasteiger partial charge in [0.05, 0.1) is 12.1 Å². The fourth-order valence-corrected chi connectivity index (χ4v) is 8.35. The van der Waals surface area contributed by atoms with E-state index in [0.717, 1.165) is 38.5 Å². The lowest BCUT2D eigenvalue weighted by Crippen LogP contribution is -2.53. The molecule has 1 aliphatic heterocycles. The van der Waals surface area contributed by atoms with Gasteiger partial charge < -0.3 is 37.0 Å². The van der Waals surface area contributed by atoms with E-state index in [9.17, 15) is 28.8 Å². The molecule has 0 unspecified atom stereocenters. The molecule has 1 fully saturated rings. The zero-order valence-electron chi connectivity index (χ0n) is 34.5. The molecule has 4 amide bonds. The Morgan fingerprint density at radius 1 is 0.750 bits per heavy atom. The number of para-hydroxylation sites is 2. The third-order valence-electron chi connectivity index (χ3n) is 11.8. The molecule has 2 aromatic heterocycles. The topological polar surface area (TPSA) is 213 Å². The second-order valence-electron chi connectivity index (χ2n) is 16.4. The van der Waals surface area contributed by atoms with Crippen LogP contribution < -0.4 is 22.1 Å². The molecular formula is C47H57N7O6. The number of carbonyl (C=O) groups is 6. The van der Waals surface area contributed by atoms with Crippen molar-refractivity contribution < 1.29 is 28.8 Å². The molecule has 1 aliphatic rings. The van der Waals surface area contributed by atoms with Crippen molar-refractivity contribution in [2.75, 3.05) is 13.1 Å². The highest BCUT2D eigenvalue weighted by atomic mass is 16.2. The summed E-state index contributed by atoms with van der Waals surface area (Å²) in [5.74, 6) is -3.95. The maximum atomic E-state index is 14.5. The van der Waals surface area contributed by atoms with Gasteiger partial charge in [-0.1, -0.05) is 80.1 Å². The van der Waals surface area contributed by atoms with Gasteiger partial charge in [-0.25, -0.2) is 0 Å². The minimum absolute atomic E-state index is 0.0778. The third kappa shape index (κ3) is 10.9. The number of carbonyl (C=O) groups excluding carboxylic acids is 6. The maximum Gasteiger partial charge on any atom is 0.243 e. The summed E-state index contributed by atoms with van der Waals surface area (Å²) >= 11 is 0. The summed E-state index contributed by atoms with van der Waals surface area (Å²) < 4.78 is 0. The van der Waals surface area contributed by atoms with Gasteiger partial charge in [0.2, 0.25) is 23.6 Å². The lowest BCUT2D eigenvalue weighted by atomic mass is 9.88. The number of hydrogen-bond acceptors (Lipinski definition) is 7. The molecule has 0 radical (unpaired) electrons. The van der Waals surface area contributed by atoms with Crippen LogP contribution in [0.2, 0.25) is 0 Å². The molecule has 3 aromatic carbocycles. The van der Waals surface area contributed by atoms with Crippen LogP contribution in [0.25, 0.3) is 21.8 Å². The van der Waals surface area contributed by atoms with Crippen molar-refractivity contribution >= 4 is 57.0 Å². The van der Waals surface area contributed by atoms with Crippen molar-refractivity contribution in [2.45, 2.75) is 89.8 Å². The molecule has 5 aromatic rings. The number of primary amides is 1. The second kappa shape index (κ2) is 20.3. The maximum absolute atomic E-state index is 14.5. The van der Waals surface area contributed by atoms with Crippen molar-refractivity contribution in [2.24, 2.45) is 29.2 Å². The summed E-state index contributed by atoms with van der Waals surface area (Å²) in [4.78, 5) is 90.5. The number of aromatic amines is 2. The van der Waals surface area contributed by atoms with E-state index in [1.807, 2.05) is 98.2 Å². The van der Waals surface area contributed by atoms with Crippen LogP contribution in [-0.2, 0) is 48.0 Å². The van der Waals surface area contributed by atoms with Crippen molar-refractivity contribution in [1.82, 2.24) is 25.5 Å². The van der Waals surface area contributed by atoms with Gasteiger partial charge in [-0.3, -0.25) is 28.8 Å². The second-order valence-corrected chi connectivity index (χ2v) is 16.4. The van der Waals surface area contributed by atoms with E-state index < -0.39 is 47.7 Å². The highest BCUT2D eigenvalue weighted by Gasteiger charge is 2.38. The normalized spacial score (nSPS) is 16.6. The number of nitrogens with two attached hydrogens (primary N) is 2. The number of Topliss-reactive ketones (excluding diaryl/α,β-unsaturated/α-hetero) is 2. The molecule has 316 valence electrons. The number of amides is 4. The number of hydrogen-bond donors (Lipinski definition) is 6. The molecule has 8 N–H and O–H groups in total. The first kappa shape index (κ1) is 43.5. The molecule has 0 aliphatic carbocycles. The number of fused-ring (bicyclic) bond motifs is 2. The molecule has 3 heterocycles. The molecule has 0 bridgehead atoms. The highest BCUT2D eigenvalue weighted by Crippen LogP contribution is 2.27. The number of rotatable bonds is 22. The van der Waals surface area contributed by atoms with Crippen molar-refractivity contribution in [1.29, 1.82) is 0 Å². The molecule has 0 spiro atoms. The number of H-pyrrole nitrogens is 2. The van der Waals surface area contributed by atoms with Gasteiger partial charge in [0.1, 0.15) is 6.04 Å². The Morgan fingerprint density at radius 2 is 1.35 bits per heavy atom. The summed E-state index contributed by atoms with van der Waals surface area (Å²) in [5, 5.41) is 7.71. The van der Waals surface area contributed by atoms with Crippen LogP contribution in [0, 0.1) is 17.8 Å². The minimum Gasteiger partial charge on any atom is -0.369 e. The zero-order chi connectivity index (χ0) is 42.8. The number of benzene rings is 3. The van der Waals surface area contributed by atoms with Gasteiger partial charge in [0.15, 0.2) is 11.6 Å². The molecular weight excluding hydrogens is 759 g/mol. The van der Waals surface area contributed by atoms with E-state index in [-0.39, 0.29) is 55.5 Å². The van der Waals surface area contributed by atoms with Gasteiger partial charge in [0.25, 0.3) is 0 Å². The van der Waals surface area contributed by atoms with Gasteiger partial charge >= 0.3 is 0 Å². The lowest BCUT2D eigenvalue weighted by Gasteiger charge is -2.29. The molecule has 1 saturated heterocycles. The van der Waals surface area contributed by atoms with Crippen molar-refractivity contribution in [3.05, 3.63) is 108 Å². The average Bonchev–Trinajstić information content (AvgIpc) is 3.94. The van der Waals surface area contributed by atoms with Crippen LogP contribution >= 0.6 is 0 Å². The Balaban J connectivity index is 1.23. The van der Waals surface area contributed by atoms with Gasteiger partial charge in [0, 0.05) is 78.3 Å². The van der Waals surface area contributed by atoms with E-state index in [1.165, 1.54) is 0 Å². The SMILES string of the molecule is C[C@@H]1CC(=O)N([C@H](Cc2c[nH]c3ccccc23)C(=O)N[C@@H](C)C(=O)C[C@@H](Cc2c[nH]c3ccccc23)C(=O)N[C@H](Cc2ccccc2)C(=O)C[C@@H](CCCCN)C(N)=O)C1. The fraction of sp³-hybridized carbons (Fsp3) is 0.404. The molecule has 0 saturated carbocycles. The Bertz CT molecular complexity index is 2300. The monoisotopic (exact) mass is 815 g/mol. The summed E-state index contributed by atoms with van der Waals surface area (Å²) in [5.41, 5.74) is 15.7. The van der Waals surface area contributed by atoms with Gasteiger partial charge in [-0.2, -0.15) is 0 Å². The van der Waals surface area contributed by atoms with Crippen LogP contribution in [-0.4, -0.2) is 81.3 Å². The van der Waals surface area contributed by atoms with E-state index >= 15 is 0 Å². The Morgan fingerprint density at radius 3 is 1.95 bits per heavy atom. The fourth-order valence-electron chi connectivity index (χ4n) is 8.35. The minimum atomic E-state index is -1.00. The van der Waals surface area contributed by atoms with E-state index in [0.29, 0.717) is 38.8 Å². The molecule has 60 heavy (non-hydrogen) atoms. The lowest BCUT2D eigenvalue weighted by molar-refractivity contribution is -0.138. The van der Waals surface area contributed by atoms with E-state index in [4.69, 9.17) is 11.5 Å². The first-order valence-electron chi connectivity index (χ1n) is 21.0. The van der Waals surface area contributed by atoms with Crippen LogP contribution in [0.5, 0.6) is 0 Å². The standard InChI is InChI=1S/C47H57N7O6/c1-29-20-44(57)54(28-29)41(23-35-27-51-39-18-9-7-16-37(35)39)47(60)52-30(2)42(55)25-33(22-34-26-50-38-17-8-6-15-36(34)38)46(59)53-40(21-31-12-4-3-5-13-31)43(56)24-32(45(49)58)14-10-11-19-48/h3-9,12-13,15-18,26-27,29-30,32-33,40-41,50-51H,10-11,14,19-25,28,48H2,1-2H3,(H2,49,58)(H,52,60)(H,53,59)/t29-,30+,32-,33-,40-,41-/m1/s1. The average molecular weight is 816 g/mol. The summed E-state index contributed by atoms with van der Waals surface area (Å²) in [6.45, 7) is 4.44. The van der Waals surface area contributed by atoms with Crippen LogP contribution in [0.15, 0.2) is 91.3 Å². The number of nitrogens with zero attached hydrogens (tertiary/aromatic N) is 1. The predicted octanol–water partition coefficient (Wildman–Crippen LogP) is 4.67. The first-order valence-corrected chi connectivity index (χ1v) is 21.0. The third-order valence-corrected chi connectivity index (χ3v) is 11.8. The van der Waals surface area contributed by atoms with Crippen LogP contribution in [0.3, 0.4) is 0 Å². The highest BCUT2D eigenvalue weighted by molar-refractivity contribution is 5.97. The quantitative estimate of drug-likeness (QED) is 0.0543. The Labute approximate surface area is 350 Å². The Hall–Kier alpha value is -6.08. The number of ketones is 2. The molecule has 6 rings (SSSR count). The Kier molecular flexibility index (Phi) is 14.7. The van der Waals surface area contributed by atoms with Gasteiger partial charge in [-0.05, 0) is 73.9 Å². The van der Waals surface area contributed by atoms with Crippen molar-refractivity contribution in [3.63, 3.8) is 0 Å². The van der Waals surface area contributed by atoms with Gasteiger partial charge in [-0.15, -0.1) is 0 Å². The summed E-state index contributed by atoms with van der Waals surface area (Å²) in [6, 6.07) is 21.8. The molecule has 13 nitrogen and oxygen atoms in total. The van der Waals surface area contributed by atoms with Crippen molar-refractivity contribution in [3.8, 4) is 0 Å². The van der Waals surface area contributed by atoms with Crippen LogP contribution in [0.1, 0.15) is 69.1 Å². The summed E-state index contributed by atoms with van der Waals surface area (Å²) in [6.07, 6.45) is 5.92. The van der Waals surface area contributed by atoms with E-state index in [2.05, 4.69) is 20.6 Å². The number of likely N-dealkylation sites (tertiary alicyclic amines) is 1. The number of nitrogens with one attached hydrogen (secondary N) is 4. The smallest absolute Gasteiger partial charge is 0.243 e. The first-order chi connectivity index (χ1) is 28.9. The van der Waals surface area contributed by atoms with Crippen LogP contribution in [0.4, 0.5) is 0 Å². The largest absolute Gasteiger partial charge is 0.369 e. The number of aromatic nitrogens is 2. The number of unbranched alkanes of at least 4 members (excludes halogenated alkanes) is 1. The summed E-state index contributed by atoms with van der Waals surface area (Å²) in [7, 11) is 0. The molecule has 13 heteroatoms. The molecule has 6 atom stereocenters. The zero-order valence-corrected chi connectivity index (χ0v) is 34.5. The van der Waals surface area contributed by atoms with E-state index in [1.54, 1.807) is 11.8 Å².